The maximum atomic E-state index is 8.17. The number of hydrogen-bond acceptors (Lipinski definition) is 3. The van der Waals surface area contributed by atoms with Crippen molar-refractivity contribution in [3.63, 3.8) is 0 Å². The molecule has 0 saturated carbocycles. The summed E-state index contributed by atoms with van der Waals surface area (Å²) in [5.41, 5.74) is 0. The van der Waals surface area contributed by atoms with Crippen molar-refractivity contribution in [2.45, 2.75) is 6.10 Å². The molecule has 5 heteroatoms. The van der Waals surface area contributed by atoms with Gasteiger partial charge >= 0.3 is 17.4 Å². The molecule has 0 amide bonds. The minimum absolute atomic E-state index is 0. The van der Waals surface area contributed by atoms with Gasteiger partial charge < -0.3 is 39.3 Å². The summed E-state index contributed by atoms with van der Waals surface area (Å²) >= 11 is 0. The molecule has 0 aliphatic heterocycles. The van der Waals surface area contributed by atoms with Gasteiger partial charge in [-0.3, -0.25) is 0 Å². The predicted molar refractivity (Wildman–Crippen MR) is 25.9 cm³/mol. The van der Waals surface area contributed by atoms with E-state index in [2.05, 4.69) is 0 Å². The van der Waals surface area contributed by atoms with E-state index in [9.17, 15) is 0 Å². The van der Waals surface area contributed by atoms with Gasteiger partial charge in [-0.1, -0.05) is 0 Å². The normalized spacial score (nSPS) is 7.50. The Labute approximate surface area is 75.9 Å². The Morgan fingerprint density at radius 3 is 1.38 bits per heavy atom. The first-order valence-corrected chi connectivity index (χ1v) is 1.71. The number of hydrogen-bond donors (Lipinski definition) is 3. The van der Waals surface area contributed by atoms with Crippen LogP contribution in [0.3, 0.4) is 0 Å². The Hall–Kier alpha value is 1.14. The average molecular weight is 246 g/mol. The summed E-state index contributed by atoms with van der Waals surface area (Å²) in [5.74, 6) is 0. The third kappa shape index (κ3) is 10.2. The molecule has 0 heterocycles. The van der Waals surface area contributed by atoms with Crippen LogP contribution in [0.15, 0.2) is 0 Å². The van der Waals surface area contributed by atoms with Crippen molar-refractivity contribution in [2.24, 2.45) is 0 Å². The van der Waals surface area contributed by atoms with Gasteiger partial charge in [0.1, 0.15) is 6.10 Å². The van der Waals surface area contributed by atoms with Crippen LogP contribution in [0.2, 0.25) is 0 Å². The topological polar surface area (TPSA) is 60.7 Å². The first-order chi connectivity index (χ1) is 2.81. The van der Waals surface area contributed by atoms with Gasteiger partial charge in [0, 0.05) is 0 Å². The van der Waals surface area contributed by atoms with Gasteiger partial charge in [0.15, 0.2) is 0 Å². The molecular weight excluding hydrogens is 238 g/mol. The van der Waals surface area contributed by atoms with Gasteiger partial charge in [-0.25, -0.2) is 0 Å². The summed E-state index contributed by atoms with van der Waals surface area (Å²) in [6, 6.07) is 0. The van der Waals surface area contributed by atoms with Crippen molar-refractivity contribution >= 4 is 17.4 Å². The van der Waals surface area contributed by atoms with E-state index in [-0.39, 0.29) is 54.6 Å². The zero-order valence-corrected chi connectivity index (χ0v) is 7.60. The molecule has 46 valence electrons. The van der Waals surface area contributed by atoms with E-state index in [4.69, 9.17) is 15.3 Å². The molecule has 8 heavy (non-hydrogen) atoms. The second-order valence-electron chi connectivity index (χ2n) is 1.02. The van der Waals surface area contributed by atoms with Crippen LogP contribution in [0, 0.1) is 0 Å². The van der Waals surface area contributed by atoms with Gasteiger partial charge in [0.2, 0.25) is 0 Å². The molecule has 0 aromatic rings. The first kappa shape index (κ1) is 16.1. The van der Waals surface area contributed by atoms with Crippen LogP contribution in [-0.2, 0) is 0 Å². The standard InChI is InChI=1S/C3H8O3.Al.HI/c4-1-3(6)2-5;;/h3-6H,1-2H2;;1H/q;+3;/p-1. The Morgan fingerprint density at radius 2 is 1.38 bits per heavy atom. The van der Waals surface area contributed by atoms with Crippen LogP contribution >= 0.6 is 0 Å². The van der Waals surface area contributed by atoms with E-state index < -0.39 is 6.10 Å². The maximum absolute atomic E-state index is 8.17. The summed E-state index contributed by atoms with van der Waals surface area (Å²) in [5, 5.41) is 24.0. The van der Waals surface area contributed by atoms with Crippen molar-refractivity contribution in [1.29, 1.82) is 0 Å². The summed E-state index contributed by atoms with van der Waals surface area (Å²) in [7, 11) is 0. The Bertz CT molecular complexity index is 33.7. The zero-order valence-electron chi connectivity index (χ0n) is 4.29. The van der Waals surface area contributed by atoms with E-state index in [0.29, 0.717) is 0 Å². The largest absolute Gasteiger partial charge is 3.00 e. The van der Waals surface area contributed by atoms with E-state index in [1.54, 1.807) is 0 Å². The second kappa shape index (κ2) is 11.0. The van der Waals surface area contributed by atoms with E-state index >= 15 is 0 Å². The SMILES string of the molecule is OCC(O)CO.[Al+3].[I-]. The van der Waals surface area contributed by atoms with E-state index in [1.807, 2.05) is 0 Å². The molecule has 3 nitrogen and oxygen atoms in total. The fourth-order valence-electron chi connectivity index (χ4n) is 0.0577. The quantitative estimate of drug-likeness (QED) is 0.337. The first-order valence-electron chi connectivity index (χ1n) is 1.71. The molecule has 0 radical (unpaired) electrons. The molecule has 3 N–H and O–H groups in total. The van der Waals surface area contributed by atoms with Gasteiger partial charge in [0.05, 0.1) is 13.2 Å². The molecule has 0 spiro atoms. The average Bonchev–Trinajstić information content (AvgIpc) is 1.65. The Balaban J connectivity index is -0.000000125. The van der Waals surface area contributed by atoms with E-state index in [0.717, 1.165) is 0 Å². The third-order valence-corrected chi connectivity index (χ3v) is 0.421. The number of aliphatic hydroxyl groups is 3. The second-order valence-corrected chi connectivity index (χ2v) is 1.02. The molecule has 0 aliphatic carbocycles. The van der Waals surface area contributed by atoms with Crippen LogP contribution in [0.5, 0.6) is 0 Å². The summed E-state index contributed by atoms with van der Waals surface area (Å²) in [6.07, 6.45) is -0.954. The molecule has 0 aromatic carbocycles. The van der Waals surface area contributed by atoms with Gasteiger partial charge in [-0.15, -0.1) is 0 Å². The molecule has 0 unspecified atom stereocenters. The van der Waals surface area contributed by atoms with Gasteiger partial charge in [0.25, 0.3) is 0 Å². The van der Waals surface area contributed by atoms with Crippen molar-refractivity contribution in [3.05, 3.63) is 0 Å². The fourth-order valence-corrected chi connectivity index (χ4v) is 0.0577. The monoisotopic (exact) mass is 246 g/mol. The van der Waals surface area contributed by atoms with Crippen LogP contribution in [0.1, 0.15) is 0 Å². The van der Waals surface area contributed by atoms with Crippen molar-refractivity contribution in [1.82, 2.24) is 0 Å². The van der Waals surface area contributed by atoms with Gasteiger partial charge in [-0.05, 0) is 0 Å². The third-order valence-electron chi connectivity index (χ3n) is 0.421. The minimum Gasteiger partial charge on any atom is -1.00 e. The smallest absolute Gasteiger partial charge is 1.00 e. The number of halogens is 1. The summed E-state index contributed by atoms with van der Waals surface area (Å²) < 4.78 is 0. The molecule has 0 aromatic heterocycles. The summed E-state index contributed by atoms with van der Waals surface area (Å²) in [6.45, 7) is -0.729. The zero-order chi connectivity index (χ0) is 4.99. The van der Waals surface area contributed by atoms with Crippen LogP contribution < -0.4 is 24.0 Å². The fraction of sp³-hybridized carbons (Fsp3) is 1.00. The number of rotatable bonds is 2. The van der Waals surface area contributed by atoms with Crippen molar-refractivity contribution < 1.29 is 39.3 Å². The minimum atomic E-state index is -0.954. The molecule has 0 aliphatic rings. The summed E-state index contributed by atoms with van der Waals surface area (Å²) in [4.78, 5) is 0. The van der Waals surface area contributed by atoms with Crippen molar-refractivity contribution in [2.75, 3.05) is 13.2 Å². The molecular formula is C3H8AlIO3+2. The molecule has 0 atom stereocenters. The molecule has 0 fully saturated rings. The van der Waals surface area contributed by atoms with Crippen LogP contribution in [-0.4, -0.2) is 52.0 Å². The molecule has 0 saturated heterocycles. The predicted octanol–water partition coefficient (Wildman–Crippen LogP) is -5.04. The van der Waals surface area contributed by atoms with Crippen LogP contribution in [0.4, 0.5) is 0 Å². The van der Waals surface area contributed by atoms with Gasteiger partial charge in [-0.2, -0.15) is 0 Å². The van der Waals surface area contributed by atoms with Crippen LogP contribution in [0.25, 0.3) is 0 Å². The molecule has 0 bridgehead atoms. The van der Waals surface area contributed by atoms with E-state index in [1.165, 1.54) is 0 Å². The van der Waals surface area contributed by atoms with Crippen molar-refractivity contribution in [3.8, 4) is 0 Å². The maximum Gasteiger partial charge on any atom is 3.00 e. The molecule has 0 rings (SSSR count). The Kier molecular flexibility index (Phi) is 22.1. The Morgan fingerprint density at radius 1 is 1.12 bits per heavy atom. The number of aliphatic hydroxyl groups excluding tert-OH is 3.